The van der Waals surface area contributed by atoms with Gasteiger partial charge in [-0.3, -0.25) is 0 Å². The van der Waals surface area contributed by atoms with Gasteiger partial charge in [-0.25, -0.2) is 4.79 Å². The van der Waals surface area contributed by atoms with Crippen molar-refractivity contribution >= 4 is 6.03 Å². The first kappa shape index (κ1) is 18.5. The molecule has 2 saturated heterocycles. The van der Waals surface area contributed by atoms with Crippen molar-refractivity contribution in [1.29, 1.82) is 0 Å². The number of hydrogen-bond acceptors (Lipinski definition) is 4. The number of piperidine rings is 2. The molecule has 0 aromatic carbocycles. The van der Waals surface area contributed by atoms with Crippen LogP contribution < -0.4 is 5.32 Å². The van der Waals surface area contributed by atoms with Crippen molar-refractivity contribution in [2.45, 2.75) is 51.1 Å². The van der Waals surface area contributed by atoms with Crippen LogP contribution in [0.15, 0.2) is 0 Å². The highest BCUT2D eigenvalue weighted by atomic mass is 16.3. The number of carbonyl (C=O) groups excluding carboxylic acids is 1. The van der Waals surface area contributed by atoms with Gasteiger partial charge in [-0.05, 0) is 52.2 Å². The molecule has 6 heteroatoms. The van der Waals surface area contributed by atoms with Crippen LogP contribution in [0.5, 0.6) is 0 Å². The third kappa shape index (κ3) is 5.62. The maximum Gasteiger partial charge on any atom is 0.317 e. The second kappa shape index (κ2) is 9.45. The highest BCUT2D eigenvalue weighted by Gasteiger charge is 2.28. The molecule has 2 N–H and O–H groups in total. The Hall–Kier alpha value is -0.850. The Labute approximate surface area is 140 Å². The minimum absolute atomic E-state index is 0.0151. The summed E-state index contributed by atoms with van der Waals surface area (Å²) in [6.45, 7) is 7.80. The summed E-state index contributed by atoms with van der Waals surface area (Å²) in [6, 6.07) is 0.996. The van der Waals surface area contributed by atoms with E-state index in [1.807, 2.05) is 0 Å². The monoisotopic (exact) mass is 326 g/mol. The summed E-state index contributed by atoms with van der Waals surface area (Å²) in [5.41, 5.74) is 0. The quantitative estimate of drug-likeness (QED) is 0.763. The Morgan fingerprint density at radius 3 is 2.35 bits per heavy atom. The van der Waals surface area contributed by atoms with E-state index < -0.39 is 0 Å². The van der Waals surface area contributed by atoms with E-state index in [0.717, 1.165) is 38.4 Å². The molecule has 2 fully saturated rings. The third-order valence-electron chi connectivity index (χ3n) is 5.21. The van der Waals surface area contributed by atoms with E-state index in [2.05, 4.69) is 29.1 Å². The number of urea groups is 1. The van der Waals surface area contributed by atoms with E-state index in [1.165, 1.54) is 25.9 Å². The average Bonchev–Trinajstić information content (AvgIpc) is 2.56. The zero-order valence-electron chi connectivity index (χ0n) is 14.8. The van der Waals surface area contributed by atoms with Crippen LogP contribution in [-0.4, -0.2) is 90.8 Å². The maximum atomic E-state index is 12.3. The summed E-state index contributed by atoms with van der Waals surface area (Å²) in [7, 11) is 2.20. The molecule has 6 nitrogen and oxygen atoms in total. The van der Waals surface area contributed by atoms with Crippen LogP contribution in [-0.2, 0) is 0 Å². The molecule has 2 heterocycles. The lowest BCUT2D eigenvalue weighted by Crippen LogP contribution is -2.52. The Morgan fingerprint density at radius 1 is 1.13 bits per heavy atom. The van der Waals surface area contributed by atoms with Crippen LogP contribution >= 0.6 is 0 Å². The van der Waals surface area contributed by atoms with Crippen molar-refractivity contribution in [1.82, 2.24) is 20.0 Å². The number of nitrogens with zero attached hydrogens (tertiary/aromatic N) is 3. The number of hydrogen-bond donors (Lipinski definition) is 2. The Balaban J connectivity index is 1.72. The maximum absolute atomic E-state index is 12.3. The number of rotatable bonds is 6. The van der Waals surface area contributed by atoms with Gasteiger partial charge in [-0.2, -0.15) is 0 Å². The molecule has 2 rings (SSSR count). The van der Waals surface area contributed by atoms with Crippen LogP contribution in [0.25, 0.3) is 0 Å². The minimum Gasteiger partial charge on any atom is -0.395 e. The standard InChI is InChI=1S/C17H34N4O2/c1-3-8-21(13-14-22)17(23)18-15-4-11-20(12-5-15)16-6-9-19(2)10-7-16/h15-16,22H,3-14H2,1-2H3,(H,18,23). The van der Waals surface area contributed by atoms with Crippen molar-refractivity contribution in [2.24, 2.45) is 0 Å². The van der Waals surface area contributed by atoms with Crippen molar-refractivity contribution in [3.63, 3.8) is 0 Å². The number of nitrogens with one attached hydrogen (secondary N) is 1. The van der Waals surface area contributed by atoms with Gasteiger partial charge in [-0.15, -0.1) is 0 Å². The van der Waals surface area contributed by atoms with Crippen molar-refractivity contribution in [3.8, 4) is 0 Å². The van der Waals surface area contributed by atoms with Crippen LogP contribution in [0.2, 0.25) is 0 Å². The predicted molar refractivity (Wildman–Crippen MR) is 92.6 cm³/mol. The summed E-state index contributed by atoms with van der Waals surface area (Å²) in [6.07, 6.45) is 5.54. The molecule has 0 bridgehead atoms. The third-order valence-corrected chi connectivity index (χ3v) is 5.21. The molecule has 134 valence electrons. The Bertz CT molecular complexity index is 345. The minimum atomic E-state index is -0.0151. The lowest BCUT2D eigenvalue weighted by atomic mass is 9.98. The fourth-order valence-electron chi connectivity index (χ4n) is 3.74. The van der Waals surface area contributed by atoms with Gasteiger partial charge in [0.05, 0.1) is 6.61 Å². The molecule has 2 aliphatic rings. The Kier molecular flexibility index (Phi) is 7.59. The van der Waals surface area contributed by atoms with Gasteiger partial charge in [0.2, 0.25) is 0 Å². The first-order valence-electron chi connectivity index (χ1n) is 9.23. The van der Waals surface area contributed by atoms with Crippen molar-refractivity contribution < 1.29 is 9.90 Å². The largest absolute Gasteiger partial charge is 0.395 e. The molecule has 0 spiro atoms. The van der Waals surface area contributed by atoms with E-state index in [9.17, 15) is 4.79 Å². The first-order chi connectivity index (χ1) is 11.1. The molecule has 0 aliphatic carbocycles. The van der Waals surface area contributed by atoms with Crippen LogP contribution in [0.4, 0.5) is 4.79 Å². The normalized spacial score (nSPS) is 22.2. The molecular weight excluding hydrogens is 292 g/mol. The smallest absolute Gasteiger partial charge is 0.317 e. The van der Waals surface area contributed by atoms with Gasteiger partial charge in [0.25, 0.3) is 0 Å². The fourth-order valence-corrected chi connectivity index (χ4v) is 3.74. The van der Waals surface area contributed by atoms with E-state index in [1.54, 1.807) is 4.90 Å². The van der Waals surface area contributed by atoms with E-state index in [-0.39, 0.29) is 18.7 Å². The second-order valence-corrected chi connectivity index (χ2v) is 7.00. The lowest BCUT2D eigenvalue weighted by molar-refractivity contribution is 0.0916. The van der Waals surface area contributed by atoms with Gasteiger partial charge in [0.15, 0.2) is 0 Å². The SMILES string of the molecule is CCCN(CCO)C(=O)NC1CCN(C2CCN(C)CC2)CC1. The molecule has 0 atom stereocenters. The van der Waals surface area contributed by atoms with Gasteiger partial charge in [-0.1, -0.05) is 6.92 Å². The topological polar surface area (TPSA) is 59.1 Å². The number of carbonyl (C=O) groups is 1. The molecule has 0 aromatic heterocycles. The first-order valence-corrected chi connectivity index (χ1v) is 9.23. The van der Waals surface area contributed by atoms with Crippen LogP contribution in [0.1, 0.15) is 39.0 Å². The molecule has 0 unspecified atom stereocenters. The highest BCUT2D eigenvalue weighted by molar-refractivity contribution is 5.74. The molecule has 23 heavy (non-hydrogen) atoms. The number of amides is 2. The molecule has 2 aliphatic heterocycles. The summed E-state index contributed by atoms with van der Waals surface area (Å²) in [5.74, 6) is 0. The van der Waals surface area contributed by atoms with E-state index >= 15 is 0 Å². The fraction of sp³-hybridized carbons (Fsp3) is 0.941. The molecular formula is C17H34N4O2. The lowest BCUT2D eigenvalue weighted by Gasteiger charge is -2.41. The van der Waals surface area contributed by atoms with E-state index in [4.69, 9.17) is 5.11 Å². The number of aliphatic hydroxyl groups excluding tert-OH is 1. The number of aliphatic hydroxyl groups is 1. The molecule has 0 radical (unpaired) electrons. The zero-order chi connectivity index (χ0) is 16.7. The zero-order valence-corrected chi connectivity index (χ0v) is 14.8. The highest BCUT2D eigenvalue weighted by Crippen LogP contribution is 2.20. The average molecular weight is 326 g/mol. The molecule has 2 amide bonds. The second-order valence-electron chi connectivity index (χ2n) is 7.00. The van der Waals surface area contributed by atoms with Crippen LogP contribution in [0, 0.1) is 0 Å². The predicted octanol–water partition coefficient (Wildman–Crippen LogP) is 0.959. The van der Waals surface area contributed by atoms with Crippen molar-refractivity contribution in [3.05, 3.63) is 0 Å². The molecule has 0 aromatic rings. The summed E-state index contributed by atoms with van der Waals surface area (Å²) < 4.78 is 0. The molecule has 0 saturated carbocycles. The van der Waals surface area contributed by atoms with Gasteiger partial charge < -0.3 is 25.1 Å². The van der Waals surface area contributed by atoms with Crippen LogP contribution in [0.3, 0.4) is 0 Å². The van der Waals surface area contributed by atoms with Gasteiger partial charge >= 0.3 is 6.03 Å². The van der Waals surface area contributed by atoms with Gasteiger partial charge in [0.1, 0.15) is 0 Å². The summed E-state index contributed by atoms with van der Waals surface area (Å²) in [5, 5.41) is 12.2. The number of likely N-dealkylation sites (tertiary alicyclic amines) is 2. The van der Waals surface area contributed by atoms with Gasteiger partial charge in [0, 0.05) is 38.3 Å². The summed E-state index contributed by atoms with van der Waals surface area (Å²) >= 11 is 0. The van der Waals surface area contributed by atoms with E-state index in [0.29, 0.717) is 13.1 Å². The van der Waals surface area contributed by atoms with Crippen molar-refractivity contribution in [2.75, 3.05) is 52.9 Å². The Morgan fingerprint density at radius 2 is 1.78 bits per heavy atom. The summed E-state index contributed by atoms with van der Waals surface area (Å²) in [4.78, 5) is 19.0.